The van der Waals surface area contributed by atoms with Crippen molar-refractivity contribution >= 4 is 21.9 Å². The zero-order valence-electron chi connectivity index (χ0n) is 11.9. The molecule has 1 saturated carbocycles. The van der Waals surface area contributed by atoms with Crippen LogP contribution in [-0.2, 0) is 11.3 Å². The molecule has 0 bridgehead atoms. The maximum atomic E-state index is 10.9. The molecule has 1 aromatic rings. The second-order valence-electron chi connectivity index (χ2n) is 5.77. The predicted octanol–water partition coefficient (Wildman–Crippen LogP) is 3.74. The van der Waals surface area contributed by atoms with Gasteiger partial charge in [0.2, 0.25) is 0 Å². The van der Waals surface area contributed by atoms with Gasteiger partial charge in [-0.2, -0.15) is 0 Å². The fraction of sp³-hybridized carbons (Fsp3) is 0.562. The van der Waals surface area contributed by atoms with Crippen LogP contribution >= 0.6 is 15.9 Å². The van der Waals surface area contributed by atoms with Crippen LogP contribution in [-0.4, -0.2) is 17.6 Å². The van der Waals surface area contributed by atoms with Gasteiger partial charge in [0.25, 0.3) is 0 Å². The van der Waals surface area contributed by atoms with E-state index in [0.29, 0.717) is 5.92 Å². The minimum Gasteiger partial charge on any atom is -0.481 e. The number of aryl methyl sites for hydroxylation is 1. The molecule has 0 aliphatic heterocycles. The van der Waals surface area contributed by atoms with Crippen molar-refractivity contribution in [2.75, 3.05) is 6.54 Å². The molecule has 0 unspecified atom stereocenters. The van der Waals surface area contributed by atoms with E-state index in [9.17, 15) is 4.79 Å². The average Bonchev–Trinajstić information content (AvgIpc) is 2.43. The van der Waals surface area contributed by atoms with E-state index in [1.807, 2.05) is 0 Å². The summed E-state index contributed by atoms with van der Waals surface area (Å²) in [7, 11) is 0. The Hall–Kier alpha value is -0.870. The lowest BCUT2D eigenvalue weighted by atomic mass is 9.82. The SMILES string of the molecule is Cc1cc(CNCC2CCC(C(=O)O)CC2)ccc1Br. The van der Waals surface area contributed by atoms with Crippen LogP contribution < -0.4 is 5.32 Å². The Kier molecular flexibility index (Phi) is 5.61. The number of rotatable bonds is 5. The lowest BCUT2D eigenvalue weighted by Gasteiger charge is -2.26. The van der Waals surface area contributed by atoms with Crippen molar-refractivity contribution in [2.45, 2.75) is 39.2 Å². The highest BCUT2D eigenvalue weighted by Gasteiger charge is 2.25. The zero-order chi connectivity index (χ0) is 14.5. The number of carboxylic acids is 1. The van der Waals surface area contributed by atoms with Crippen LogP contribution in [0.4, 0.5) is 0 Å². The van der Waals surface area contributed by atoms with Crippen molar-refractivity contribution < 1.29 is 9.90 Å². The molecule has 3 nitrogen and oxygen atoms in total. The molecule has 0 heterocycles. The molecule has 0 saturated heterocycles. The Morgan fingerprint density at radius 2 is 2.05 bits per heavy atom. The smallest absolute Gasteiger partial charge is 0.306 e. The van der Waals surface area contributed by atoms with E-state index in [-0.39, 0.29) is 5.92 Å². The summed E-state index contributed by atoms with van der Waals surface area (Å²) in [5.41, 5.74) is 2.55. The number of hydrogen-bond acceptors (Lipinski definition) is 2. The van der Waals surface area contributed by atoms with E-state index in [1.54, 1.807) is 0 Å². The third kappa shape index (κ3) is 4.32. The van der Waals surface area contributed by atoms with Crippen molar-refractivity contribution in [3.05, 3.63) is 33.8 Å². The summed E-state index contributed by atoms with van der Waals surface area (Å²) in [6.07, 6.45) is 3.73. The van der Waals surface area contributed by atoms with E-state index in [4.69, 9.17) is 5.11 Å². The van der Waals surface area contributed by atoms with Crippen LogP contribution in [0.25, 0.3) is 0 Å². The number of hydrogen-bond donors (Lipinski definition) is 2. The van der Waals surface area contributed by atoms with Gasteiger partial charge in [-0.15, -0.1) is 0 Å². The normalized spacial score (nSPS) is 22.7. The maximum Gasteiger partial charge on any atom is 0.306 e. The van der Waals surface area contributed by atoms with Crippen LogP contribution in [0.15, 0.2) is 22.7 Å². The Morgan fingerprint density at radius 3 is 2.65 bits per heavy atom. The van der Waals surface area contributed by atoms with Gasteiger partial charge in [-0.05, 0) is 62.3 Å². The van der Waals surface area contributed by atoms with E-state index in [0.717, 1.165) is 43.2 Å². The van der Waals surface area contributed by atoms with Crippen molar-refractivity contribution in [2.24, 2.45) is 11.8 Å². The van der Waals surface area contributed by atoms with Gasteiger partial charge < -0.3 is 10.4 Å². The summed E-state index contributed by atoms with van der Waals surface area (Å²) in [5, 5.41) is 12.5. The Labute approximate surface area is 128 Å². The van der Waals surface area contributed by atoms with Gasteiger partial charge in [0.15, 0.2) is 0 Å². The van der Waals surface area contributed by atoms with E-state index in [1.165, 1.54) is 11.1 Å². The summed E-state index contributed by atoms with van der Waals surface area (Å²) in [4.78, 5) is 10.9. The van der Waals surface area contributed by atoms with Crippen molar-refractivity contribution in [3.63, 3.8) is 0 Å². The van der Waals surface area contributed by atoms with Crippen LogP contribution in [0, 0.1) is 18.8 Å². The lowest BCUT2D eigenvalue weighted by Crippen LogP contribution is -2.28. The van der Waals surface area contributed by atoms with E-state index >= 15 is 0 Å². The fourth-order valence-electron chi connectivity index (χ4n) is 2.85. The number of carbonyl (C=O) groups is 1. The molecular weight excluding hydrogens is 318 g/mol. The van der Waals surface area contributed by atoms with Gasteiger partial charge in [-0.3, -0.25) is 4.79 Å². The second kappa shape index (κ2) is 7.23. The number of nitrogens with one attached hydrogen (secondary N) is 1. The number of halogens is 1. The molecule has 1 aliphatic rings. The van der Waals surface area contributed by atoms with E-state index in [2.05, 4.69) is 46.4 Å². The first-order valence-electron chi connectivity index (χ1n) is 7.25. The second-order valence-corrected chi connectivity index (χ2v) is 6.62. The van der Waals surface area contributed by atoms with Gasteiger partial charge in [0.05, 0.1) is 5.92 Å². The minimum absolute atomic E-state index is 0.111. The first kappa shape index (κ1) is 15.5. The molecule has 0 amide bonds. The van der Waals surface area contributed by atoms with Gasteiger partial charge in [0.1, 0.15) is 0 Å². The molecule has 20 heavy (non-hydrogen) atoms. The first-order valence-corrected chi connectivity index (χ1v) is 8.04. The molecule has 0 radical (unpaired) electrons. The molecular formula is C16H22BrNO2. The maximum absolute atomic E-state index is 10.9. The third-order valence-corrected chi connectivity index (χ3v) is 5.07. The van der Waals surface area contributed by atoms with Crippen molar-refractivity contribution in [3.8, 4) is 0 Å². The average molecular weight is 340 g/mol. The summed E-state index contributed by atoms with van der Waals surface area (Å²) >= 11 is 3.51. The monoisotopic (exact) mass is 339 g/mol. The van der Waals surface area contributed by atoms with Crippen molar-refractivity contribution in [1.82, 2.24) is 5.32 Å². The summed E-state index contributed by atoms with van der Waals surface area (Å²) in [6, 6.07) is 6.41. The fourth-order valence-corrected chi connectivity index (χ4v) is 3.10. The summed E-state index contributed by atoms with van der Waals surface area (Å²) < 4.78 is 1.15. The standard InChI is InChI=1S/C16H22BrNO2/c1-11-8-13(4-7-15(11)17)10-18-9-12-2-5-14(6-3-12)16(19)20/h4,7-8,12,14,18H,2-3,5-6,9-10H2,1H3,(H,19,20). The number of benzene rings is 1. The molecule has 1 fully saturated rings. The van der Waals surface area contributed by atoms with Crippen LogP contribution in [0.1, 0.15) is 36.8 Å². The summed E-state index contributed by atoms with van der Waals surface area (Å²) in [5.74, 6) is -0.107. The van der Waals surface area contributed by atoms with Crippen molar-refractivity contribution in [1.29, 1.82) is 0 Å². The van der Waals surface area contributed by atoms with Crippen LogP contribution in [0.5, 0.6) is 0 Å². The molecule has 1 aromatic carbocycles. The zero-order valence-corrected chi connectivity index (χ0v) is 13.4. The molecule has 0 atom stereocenters. The predicted molar refractivity (Wildman–Crippen MR) is 83.7 cm³/mol. The molecule has 1 aliphatic carbocycles. The van der Waals surface area contributed by atoms with Gasteiger partial charge in [0, 0.05) is 11.0 Å². The molecule has 0 spiro atoms. The highest BCUT2D eigenvalue weighted by molar-refractivity contribution is 9.10. The minimum atomic E-state index is -0.623. The lowest BCUT2D eigenvalue weighted by molar-refractivity contribution is -0.143. The third-order valence-electron chi connectivity index (χ3n) is 4.18. The van der Waals surface area contributed by atoms with Gasteiger partial charge in [-0.25, -0.2) is 0 Å². The molecule has 110 valence electrons. The van der Waals surface area contributed by atoms with Crippen LogP contribution in [0.3, 0.4) is 0 Å². The molecule has 2 N–H and O–H groups in total. The molecule has 0 aromatic heterocycles. The van der Waals surface area contributed by atoms with Gasteiger partial charge in [-0.1, -0.05) is 28.1 Å². The Morgan fingerprint density at radius 1 is 1.35 bits per heavy atom. The topological polar surface area (TPSA) is 49.3 Å². The first-order chi connectivity index (χ1) is 9.56. The highest BCUT2D eigenvalue weighted by atomic mass is 79.9. The molecule has 4 heteroatoms. The number of aliphatic carboxylic acids is 1. The molecule has 2 rings (SSSR count). The quantitative estimate of drug-likeness (QED) is 0.859. The van der Waals surface area contributed by atoms with Gasteiger partial charge >= 0.3 is 5.97 Å². The number of carboxylic acid groups (broad SMARTS) is 1. The Bertz CT molecular complexity index is 468. The summed E-state index contributed by atoms with van der Waals surface area (Å²) in [6.45, 7) is 3.97. The highest BCUT2D eigenvalue weighted by Crippen LogP contribution is 2.28. The van der Waals surface area contributed by atoms with E-state index < -0.39 is 5.97 Å². The van der Waals surface area contributed by atoms with Crippen LogP contribution in [0.2, 0.25) is 0 Å². The Balaban J connectivity index is 1.71. The largest absolute Gasteiger partial charge is 0.481 e.